The molecule has 1 aromatic heterocycles. The highest BCUT2D eigenvalue weighted by Gasteiger charge is 2.13. The first-order chi connectivity index (χ1) is 9.15. The molecule has 1 aliphatic rings. The Kier molecular flexibility index (Phi) is 4.93. The van der Waals surface area contributed by atoms with Crippen molar-refractivity contribution >= 4 is 11.6 Å². The Morgan fingerprint density at radius 1 is 1.32 bits per heavy atom. The van der Waals surface area contributed by atoms with E-state index in [1.807, 2.05) is 13.0 Å². The highest BCUT2D eigenvalue weighted by Crippen LogP contribution is 2.16. The number of piperazine rings is 1. The molecule has 0 unspecified atom stereocenters. The fraction of sp³-hybridized carbons (Fsp3) is 0.692. The maximum atomic E-state index is 4.54. The van der Waals surface area contributed by atoms with E-state index in [1.54, 1.807) is 0 Å². The van der Waals surface area contributed by atoms with Crippen LogP contribution in [0.25, 0.3) is 0 Å². The van der Waals surface area contributed by atoms with Gasteiger partial charge in [-0.15, -0.1) is 0 Å². The van der Waals surface area contributed by atoms with Gasteiger partial charge in [-0.2, -0.15) is 0 Å². The van der Waals surface area contributed by atoms with Gasteiger partial charge in [0, 0.05) is 45.3 Å². The van der Waals surface area contributed by atoms with Crippen LogP contribution >= 0.6 is 0 Å². The van der Waals surface area contributed by atoms with E-state index in [2.05, 4.69) is 44.5 Å². The van der Waals surface area contributed by atoms with Crippen LogP contribution in [0.15, 0.2) is 6.07 Å². The molecule has 6 heteroatoms. The summed E-state index contributed by atoms with van der Waals surface area (Å²) in [6.45, 7) is 7.89. The number of rotatable bonds is 5. The molecule has 106 valence electrons. The van der Waals surface area contributed by atoms with Gasteiger partial charge in [-0.1, -0.05) is 0 Å². The third-order valence-electron chi connectivity index (χ3n) is 3.13. The van der Waals surface area contributed by atoms with Crippen molar-refractivity contribution in [3.63, 3.8) is 0 Å². The summed E-state index contributed by atoms with van der Waals surface area (Å²) in [5.41, 5.74) is 0. The van der Waals surface area contributed by atoms with E-state index in [1.165, 1.54) is 0 Å². The number of aromatic nitrogens is 2. The molecule has 0 spiro atoms. The van der Waals surface area contributed by atoms with E-state index in [0.29, 0.717) is 0 Å². The predicted octanol–water partition coefficient (Wildman–Crippen LogP) is 0.168. The van der Waals surface area contributed by atoms with Gasteiger partial charge >= 0.3 is 0 Å². The van der Waals surface area contributed by atoms with Gasteiger partial charge in [0.2, 0.25) is 0 Å². The van der Waals surface area contributed by atoms with Crippen molar-refractivity contribution in [3.05, 3.63) is 11.9 Å². The topological polar surface area (TPSA) is 56.3 Å². The van der Waals surface area contributed by atoms with E-state index in [4.69, 9.17) is 0 Å². The predicted molar refractivity (Wildman–Crippen MR) is 78.9 cm³/mol. The molecule has 0 saturated carbocycles. The molecule has 1 saturated heterocycles. The smallest absolute Gasteiger partial charge is 0.134 e. The molecule has 0 radical (unpaired) electrons. The van der Waals surface area contributed by atoms with Crippen LogP contribution in [-0.2, 0) is 0 Å². The highest BCUT2D eigenvalue weighted by molar-refractivity contribution is 5.49. The van der Waals surface area contributed by atoms with Gasteiger partial charge in [-0.05, 0) is 21.0 Å². The Balaban J connectivity index is 2.01. The normalized spacial score (nSPS) is 15.9. The lowest BCUT2D eigenvalue weighted by Gasteiger charge is -2.28. The molecule has 1 fully saturated rings. The van der Waals surface area contributed by atoms with Gasteiger partial charge in [-0.25, -0.2) is 9.97 Å². The third-order valence-corrected chi connectivity index (χ3v) is 3.13. The van der Waals surface area contributed by atoms with E-state index in [0.717, 1.165) is 56.7 Å². The minimum atomic E-state index is 0.823. The number of hydrogen-bond donors (Lipinski definition) is 2. The Morgan fingerprint density at radius 2 is 2.05 bits per heavy atom. The van der Waals surface area contributed by atoms with E-state index in [9.17, 15) is 0 Å². The van der Waals surface area contributed by atoms with Gasteiger partial charge in [0.05, 0.1) is 0 Å². The van der Waals surface area contributed by atoms with Gasteiger partial charge in [0.1, 0.15) is 17.5 Å². The summed E-state index contributed by atoms with van der Waals surface area (Å²) in [4.78, 5) is 13.4. The highest BCUT2D eigenvalue weighted by atomic mass is 15.2. The fourth-order valence-corrected chi connectivity index (χ4v) is 2.11. The number of hydrogen-bond acceptors (Lipinski definition) is 6. The Bertz CT molecular complexity index is 400. The average Bonchev–Trinajstić information content (AvgIpc) is 2.39. The summed E-state index contributed by atoms with van der Waals surface area (Å²) in [5.74, 6) is 2.77. The Hall–Kier alpha value is -1.40. The second kappa shape index (κ2) is 6.68. The van der Waals surface area contributed by atoms with Crippen molar-refractivity contribution < 1.29 is 0 Å². The van der Waals surface area contributed by atoms with Crippen molar-refractivity contribution in [1.29, 1.82) is 0 Å². The SMILES string of the molecule is Cc1nc(NCCN(C)C)cc(N2CCNCC2)n1. The molecule has 0 aromatic carbocycles. The summed E-state index contributed by atoms with van der Waals surface area (Å²) < 4.78 is 0. The van der Waals surface area contributed by atoms with E-state index >= 15 is 0 Å². The Labute approximate surface area is 115 Å². The molecule has 19 heavy (non-hydrogen) atoms. The minimum absolute atomic E-state index is 0.823. The number of aryl methyl sites for hydroxylation is 1. The molecule has 2 rings (SSSR count). The molecule has 2 N–H and O–H groups in total. The molecule has 0 atom stereocenters. The molecule has 0 aliphatic carbocycles. The fourth-order valence-electron chi connectivity index (χ4n) is 2.11. The Morgan fingerprint density at radius 3 is 2.74 bits per heavy atom. The quantitative estimate of drug-likeness (QED) is 0.790. The van der Waals surface area contributed by atoms with Crippen LogP contribution in [0.1, 0.15) is 5.82 Å². The summed E-state index contributed by atoms with van der Waals surface area (Å²) in [5, 5.41) is 6.72. The maximum Gasteiger partial charge on any atom is 0.134 e. The third kappa shape index (κ3) is 4.33. The van der Waals surface area contributed by atoms with Crippen molar-refractivity contribution in [1.82, 2.24) is 20.2 Å². The lowest BCUT2D eigenvalue weighted by Crippen LogP contribution is -2.44. The first-order valence-corrected chi connectivity index (χ1v) is 6.85. The molecule has 6 nitrogen and oxygen atoms in total. The molecule has 1 aliphatic heterocycles. The first kappa shape index (κ1) is 14.0. The summed E-state index contributed by atoms with van der Waals surface area (Å²) >= 11 is 0. The van der Waals surface area contributed by atoms with Crippen molar-refractivity contribution in [2.24, 2.45) is 0 Å². The van der Waals surface area contributed by atoms with Crippen LogP contribution < -0.4 is 15.5 Å². The van der Waals surface area contributed by atoms with Crippen molar-refractivity contribution in [2.45, 2.75) is 6.92 Å². The summed E-state index contributed by atoms with van der Waals surface area (Å²) in [7, 11) is 4.14. The lowest BCUT2D eigenvalue weighted by atomic mass is 10.3. The van der Waals surface area contributed by atoms with Gasteiger partial charge in [0.15, 0.2) is 0 Å². The summed E-state index contributed by atoms with van der Waals surface area (Å²) in [6.07, 6.45) is 0. The lowest BCUT2D eigenvalue weighted by molar-refractivity contribution is 0.425. The monoisotopic (exact) mass is 264 g/mol. The number of nitrogens with zero attached hydrogens (tertiary/aromatic N) is 4. The van der Waals surface area contributed by atoms with Crippen LogP contribution in [0.4, 0.5) is 11.6 Å². The maximum absolute atomic E-state index is 4.54. The number of likely N-dealkylation sites (N-methyl/N-ethyl adjacent to an activating group) is 1. The minimum Gasteiger partial charge on any atom is -0.369 e. The van der Waals surface area contributed by atoms with Crippen LogP contribution in [0, 0.1) is 6.92 Å². The molecule has 0 bridgehead atoms. The second-order valence-corrected chi connectivity index (χ2v) is 5.13. The number of nitrogens with one attached hydrogen (secondary N) is 2. The van der Waals surface area contributed by atoms with Crippen LogP contribution in [-0.4, -0.2) is 68.2 Å². The van der Waals surface area contributed by atoms with Crippen molar-refractivity contribution in [3.8, 4) is 0 Å². The zero-order chi connectivity index (χ0) is 13.7. The molecular formula is C13H24N6. The first-order valence-electron chi connectivity index (χ1n) is 6.85. The summed E-state index contributed by atoms with van der Waals surface area (Å²) in [6, 6.07) is 2.05. The van der Waals surface area contributed by atoms with Crippen LogP contribution in [0.3, 0.4) is 0 Å². The van der Waals surface area contributed by atoms with Crippen LogP contribution in [0.2, 0.25) is 0 Å². The van der Waals surface area contributed by atoms with E-state index < -0.39 is 0 Å². The van der Waals surface area contributed by atoms with Gasteiger partial charge < -0.3 is 20.4 Å². The van der Waals surface area contributed by atoms with Crippen molar-refractivity contribution in [2.75, 3.05) is 63.6 Å². The van der Waals surface area contributed by atoms with Gasteiger partial charge in [0.25, 0.3) is 0 Å². The van der Waals surface area contributed by atoms with Gasteiger partial charge in [-0.3, -0.25) is 0 Å². The largest absolute Gasteiger partial charge is 0.369 e. The standard InChI is InChI=1S/C13H24N6/c1-11-16-12(15-6-7-18(2)3)10-13(17-11)19-8-4-14-5-9-19/h10,14H,4-9H2,1-3H3,(H,15,16,17). The number of anilines is 2. The van der Waals surface area contributed by atoms with E-state index in [-0.39, 0.29) is 0 Å². The molecule has 2 heterocycles. The zero-order valence-electron chi connectivity index (χ0n) is 12.1. The van der Waals surface area contributed by atoms with Crippen LogP contribution in [0.5, 0.6) is 0 Å². The molecular weight excluding hydrogens is 240 g/mol. The molecule has 0 amide bonds. The average molecular weight is 264 g/mol. The molecule has 1 aromatic rings. The zero-order valence-corrected chi connectivity index (χ0v) is 12.1. The second-order valence-electron chi connectivity index (χ2n) is 5.13.